The van der Waals surface area contributed by atoms with Crippen molar-refractivity contribution >= 4 is 73.1 Å². The SMILES string of the molecule is COc1cc(/C=C2\C(=O)NC(=O)N(c3ccccc3Cl)C2=O)cc(Br)c1Cc1ccccc1Br. The molecule has 0 radical (unpaired) electrons. The van der Waals surface area contributed by atoms with Gasteiger partial charge in [0.25, 0.3) is 11.8 Å². The Morgan fingerprint density at radius 3 is 2.41 bits per heavy atom. The van der Waals surface area contributed by atoms with Crippen LogP contribution in [-0.4, -0.2) is 25.0 Å². The Labute approximate surface area is 217 Å². The first-order valence-corrected chi connectivity index (χ1v) is 12.0. The van der Waals surface area contributed by atoms with Gasteiger partial charge in [-0.3, -0.25) is 14.9 Å². The summed E-state index contributed by atoms with van der Waals surface area (Å²) in [5, 5.41) is 2.41. The van der Waals surface area contributed by atoms with Gasteiger partial charge in [-0.15, -0.1) is 0 Å². The van der Waals surface area contributed by atoms with Crippen LogP contribution in [0.15, 0.2) is 75.2 Å². The van der Waals surface area contributed by atoms with Gasteiger partial charge in [0.1, 0.15) is 11.3 Å². The third-order valence-corrected chi connectivity index (χ3v) is 7.03. The molecule has 0 spiro atoms. The molecule has 9 heteroatoms. The van der Waals surface area contributed by atoms with Gasteiger partial charge in [-0.1, -0.05) is 73.8 Å². The summed E-state index contributed by atoms with van der Waals surface area (Å²) in [6, 6.07) is 17.0. The third-order valence-electron chi connectivity index (χ3n) is 5.23. The van der Waals surface area contributed by atoms with Gasteiger partial charge >= 0.3 is 6.03 Å². The highest BCUT2D eigenvalue weighted by Gasteiger charge is 2.37. The molecule has 1 N–H and O–H groups in total. The van der Waals surface area contributed by atoms with Crippen molar-refractivity contribution in [2.24, 2.45) is 0 Å². The van der Waals surface area contributed by atoms with Crippen LogP contribution in [0.5, 0.6) is 5.75 Å². The lowest BCUT2D eigenvalue weighted by Gasteiger charge is -2.27. The van der Waals surface area contributed by atoms with Crippen molar-refractivity contribution in [3.8, 4) is 5.75 Å². The number of rotatable bonds is 5. The van der Waals surface area contributed by atoms with E-state index in [0.29, 0.717) is 17.7 Å². The number of halogens is 3. The van der Waals surface area contributed by atoms with Crippen molar-refractivity contribution in [2.45, 2.75) is 6.42 Å². The topological polar surface area (TPSA) is 75.7 Å². The first-order valence-electron chi connectivity index (χ1n) is 10.1. The first-order chi connectivity index (χ1) is 16.3. The van der Waals surface area contributed by atoms with Crippen molar-refractivity contribution in [3.05, 3.63) is 96.9 Å². The van der Waals surface area contributed by atoms with Gasteiger partial charge in [0.05, 0.1) is 17.8 Å². The maximum absolute atomic E-state index is 13.2. The molecule has 0 aromatic heterocycles. The smallest absolute Gasteiger partial charge is 0.335 e. The standard InChI is InChI=1S/C25H17Br2ClN2O4/c1-34-22-12-14(11-19(27)16(22)13-15-6-2-3-7-18(15)26)10-17-23(31)29-25(33)30(24(17)32)21-9-5-4-8-20(21)28/h2-12H,13H2,1H3,(H,29,31,33)/b17-10+. The van der Waals surface area contributed by atoms with Crippen molar-refractivity contribution in [3.63, 3.8) is 0 Å². The summed E-state index contributed by atoms with van der Waals surface area (Å²) in [7, 11) is 1.55. The van der Waals surface area contributed by atoms with E-state index < -0.39 is 17.8 Å². The third kappa shape index (κ3) is 4.80. The summed E-state index contributed by atoms with van der Waals surface area (Å²) in [6.45, 7) is 0. The first kappa shape index (κ1) is 24.2. The van der Waals surface area contributed by atoms with Crippen molar-refractivity contribution in [1.82, 2.24) is 5.32 Å². The number of carbonyl (C=O) groups excluding carboxylic acids is 3. The number of carbonyl (C=O) groups is 3. The normalized spacial score (nSPS) is 15.0. The molecule has 0 bridgehead atoms. The number of anilines is 1. The molecule has 1 fully saturated rings. The molecule has 1 aliphatic rings. The van der Waals surface area contributed by atoms with Crippen molar-refractivity contribution in [1.29, 1.82) is 0 Å². The fourth-order valence-electron chi connectivity index (χ4n) is 3.58. The number of ether oxygens (including phenoxy) is 1. The Kier molecular flexibility index (Phi) is 7.21. The number of hydrogen-bond acceptors (Lipinski definition) is 4. The van der Waals surface area contributed by atoms with E-state index in [2.05, 4.69) is 37.2 Å². The second-order valence-electron chi connectivity index (χ2n) is 7.36. The van der Waals surface area contributed by atoms with Gasteiger partial charge in [-0.25, -0.2) is 9.69 Å². The van der Waals surface area contributed by atoms with E-state index in [4.69, 9.17) is 16.3 Å². The van der Waals surface area contributed by atoms with Crippen LogP contribution >= 0.6 is 43.5 Å². The fourth-order valence-corrected chi connectivity index (χ4v) is 4.82. The van der Waals surface area contributed by atoms with E-state index in [9.17, 15) is 14.4 Å². The van der Waals surface area contributed by atoms with Gasteiger partial charge in [-0.2, -0.15) is 0 Å². The molecule has 1 aliphatic heterocycles. The summed E-state index contributed by atoms with van der Waals surface area (Å²) in [5.74, 6) is -0.973. The number of imide groups is 2. The molecular weight excluding hydrogens is 588 g/mol. The zero-order chi connectivity index (χ0) is 24.4. The average Bonchev–Trinajstić information content (AvgIpc) is 2.80. The predicted molar refractivity (Wildman–Crippen MR) is 138 cm³/mol. The van der Waals surface area contributed by atoms with Gasteiger partial charge in [0.15, 0.2) is 0 Å². The lowest BCUT2D eigenvalue weighted by Crippen LogP contribution is -2.54. The Balaban J connectivity index is 1.73. The zero-order valence-electron chi connectivity index (χ0n) is 17.8. The molecule has 0 unspecified atom stereocenters. The lowest BCUT2D eigenvalue weighted by atomic mass is 10.0. The molecular formula is C25H17Br2ClN2O4. The van der Waals surface area contributed by atoms with E-state index in [1.165, 1.54) is 12.1 Å². The van der Waals surface area contributed by atoms with E-state index in [-0.39, 0.29) is 16.3 Å². The zero-order valence-corrected chi connectivity index (χ0v) is 21.7. The summed E-state index contributed by atoms with van der Waals surface area (Å²) in [5.41, 5.74) is 2.51. The maximum atomic E-state index is 13.2. The molecule has 3 aromatic carbocycles. The van der Waals surface area contributed by atoms with Crippen LogP contribution in [0.3, 0.4) is 0 Å². The maximum Gasteiger partial charge on any atom is 0.335 e. The second kappa shape index (κ2) is 10.1. The molecule has 0 atom stereocenters. The summed E-state index contributed by atoms with van der Waals surface area (Å²) in [6.07, 6.45) is 2.01. The van der Waals surface area contributed by atoms with E-state index in [1.54, 1.807) is 37.4 Å². The monoisotopic (exact) mass is 602 g/mol. The summed E-state index contributed by atoms with van der Waals surface area (Å²) >= 11 is 13.3. The molecule has 4 amide bonds. The Bertz CT molecular complexity index is 1360. The number of urea groups is 1. The van der Waals surface area contributed by atoms with Gasteiger partial charge in [0, 0.05) is 20.9 Å². The highest BCUT2D eigenvalue weighted by Crippen LogP contribution is 2.34. The molecule has 0 saturated carbocycles. The van der Waals surface area contributed by atoms with E-state index in [0.717, 1.165) is 25.0 Å². The van der Waals surface area contributed by atoms with Crippen LogP contribution in [-0.2, 0) is 16.0 Å². The molecule has 3 aromatic rings. The minimum Gasteiger partial charge on any atom is -0.496 e. The van der Waals surface area contributed by atoms with Crippen molar-refractivity contribution in [2.75, 3.05) is 12.0 Å². The van der Waals surface area contributed by atoms with E-state index in [1.807, 2.05) is 24.3 Å². The number of nitrogens with one attached hydrogen (secondary N) is 1. The lowest BCUT2D eigenvalue weighted by molar-refractivity contribution is -0.122. The van der Waals surface area contributed by atoms with Gasteiger partial charge in [-0.05, 0) is 47.5 Å². The largest absolute Gasteiger partial charge is 0.496 e. The minimum absolute atomic E-state index is 0.188. The fraction of sp³-hybridized carbons (Fsp3) is 0.0800. The van der Waals surface area contributed by atoms with Gasteiger partial charge in [0.2, 0.25) is 0 Å². The molecule has 1 heterocycles. The molecule has 1 saturated heterocycles. The Morgan fingerprint density at radius 2 is 1.71 bits per heavy atom. The van der Waals surface area contributed by atoms with Crippen LogP contribution in [0.25, 0.3) is 6.08 Å². The van der Waals surface area contributed by atoms with Crippen LogP contribution in [0.2, 0.25) is 5.02 Å². The number of barbiturate groups is 1. The number of para-hydroxylation sites is 1. The quantitative estimate of drug-likeness (QED) is 0.281. The van der Waals surface area contributed by atoms with Crippen LogP contribution in [0, 0.1) is 0 Å². The minimum atomic E-state index is -0.859. The molecule has 172 valence electrons. The highest BCUT2D eigenvalue weighted by atomic mass is 79.9. The molecule has 0 aliphatic carbocycles. The van der Waals surface area contributed by atoms with Crippen LogP contribution in [0.1, 0.15) is 16.7 Å². The predicted octanol–water partition coefficient (Wildman–Crippen LogP) is 6.13. The molecule has 4 rings (SSSR count). The second-order valence-corrected chi connectivity index (χ2v) is 9.48. The molecule has 34 heavy (non-hydrogen) atoms. The van der Waals surface area contributed by atoms with Crippen LogP contribution < -0.4 is 15.0 Å². The van der Waals surface area contributed by atoms with E-state index >= 15 is 0 Å². The Morgan fingerprint density at radius 1 is 1.00 bits per heavy atom. The molecule has 6 nitrogen and oxygen atoms in total. The van der Waals surface area contributed by atoms with Gasteiger partial charge < -0.3 is 4.74 Å². The number of amides is 4. The highest BCUT2D eigenvalue weighted by molar-refractivity contribution is 9.10. The number of hydrogen-bond donors (Lipinski definition) is 1. The average molecular weight is 605 g/mol. The van der Waals surface area contributed by atoms with Crippen molar-refractivity contribution < 1.29 is 19.1 Å². The number of benzene rings is 3. The van der Waals surface area contributed by atoms with Crippen LogP contribution in [0.4, 0.5) is 10.5 Å². The Hall–Kier alpha value is -2.94. The number of nitrogens with zero attached hydrogens (tertiary/aromatic N) is 1. The number of methoxy groups -OCH3 is 1. The summed E-state index contributed by atoms with van der Waals surface area (Å²) in [4.78, 5) is 39.0. The summed E-state index contributed by atoms with van der Waals surface area (Å²) < 4.78 is 7.33.